The molecule has 0 atom stereocenters. The molecule has 3 rings (SSSR count). The number of hydrogen-bond donors (Lipinski definition) is 2. The highest BCUT2D eigenvalue weighted by atomic mass is 16.6. The lowest BCUT2D eigenvalue weighted by molar-refractivity contribution is -0.385. The van der Waals surface area contributed by atoms with Crippen LogP contribution >= 0.6 is 0 Å². The largest absolute Gasteiger partial charge is 0.503 e. The van der Waals surface area contributed by atoms with E-state index in [0.717, 1.165) is 6.08 Å². The third-order valence-electron chi connectivity index (χ3n) is 5.33. The van der Waals surface area contributed by atoms with Gasteiger partial charge in [-0.3, -0.25) is 14.9 Å². The van der Waals surface area contributed by atoms with Crippen molar-refractivity contribution in [3.63, 3.8) is 0 Å². The molecular formula is C27H26N2O8. The molecule has 0 aliphatic heterocycles. The average molecular weight is 507 g/mol. The van der Waals surface area contributed by atoms with Crippen LogP contribution in [0.2, 0.25) is 0 Å². The molecule has 0 fully saturated rings. The van der Waals surface area contributed by atoms with Gasteiger partial charge in [-0.05, 0) is 42.0 Å². The summed E-state index contributed by atoms with van der Waals surface area (Å²) >= 11 is 0. The molecule has 1 amide bonds. The molecule has 0 unspecified atom stereocenters. The number of phenolic OH excluding ortho intramolecular Hbond substituents is 1. The summed E-state index contributed by atoms with van der Waals surface area (Å²) in [4.78, 5) is 23.4. The minimum Gasteiger partial charge on any atom is -0.503 e. The van der Waals surface area contributed by atoms with Crippen LogP contribution in [-0.2, 0) is 4.79 Å². The highest BCUT2D eigenvalue weighted by Crippen LogP contribution is 2.40. The van der Waals surface area contributed by atoms with Gasteiger partial charge in [0.05, 0.1) is 44.6 Å². The number of phenols is 1. The van der Waals surface area contributed by atoms with Crippen LogP contribution in [0.5, 0.6) is 28.7 Å². The van der Waals surface area contributed by atoms with E-state index in [1.165, 1.54) is 52.7 Å². The number of aromatic hydroxyl groups is 1. The van der Waals surface area contributed by atoms with Gasteiger partial charge in [0, 0.05) is 17.7 Å². The number of methoxy groups -OCH3 is 4. The van der Waals surface area contributed by atoms with Gasteiger partial charge in [0.1, 0.15) is 0 Å². The zero-order valence-electron chi connectivity index (χ0n) is 20.7. The van der Waals surface area contributed by atoms with Gasteiger partial charge in [-0.15, -0.1) is 0 Å². The maximum absolute atomic E-state index is 12.7. The molecule has 0 aliphatic rings. The molecule has 192 valence electrons. The van der Waals surface area contributed by atoms with Crippen LogP contribution in [0.3, 0.4) is 0 Å². The van der Waals surface area contributed by atoms with Gasteiger partial charge in [0.15, 0.2) is 23.0 Å². The zero-order valence-corrected chi connectivity index (χ0v) is 20.7. The second kappa shape index (κ2) is 12.1. The Morgan fingerprint density at radius 1 is 0.865 bits per heavy atom. The number of carbonyl (C=O) groups excluding carboxylic acids is 1. The van der Waals surface area contributed by atoms with E-state index in [-0.39, 0.29) is 28.4 Å². The molecule has 0 aliphatic carbocycles. The van der Waals surface area contributed by atoms with Crippen LogP contribution in [-0.4, -0.2) is 44.4 Å². The first-order valence-corrected chi connectivity index (χ1v) is 10.9. The van der Waals surface area contributed by atoms with E-state index in [0.29, 0.717) is 28.4 Å². The minimum atomic E-state index is -0.607. The van der Waals surface area contributed by atoms with Crippen molar-refractivity contribution in [3.05, 3.63) is 81.4 Å². The van der Waals surface area contributed by atoms with Crippen LogP contribution in [0, 0.1) is 10.1 Å². The van der Waals surface area contributed by atoms with E-state index < -0.39 is 10.8 Å². The summed E-state index contributed by atoms with van der Waals surface area (Å²) in [5.74, 6) is 0.650. The third-order valence-corrected chi connectivity index (χ3v) is 5.33. The molecule has 0 spiro atoms. The van der Waals surface area contributed by atoms with Crippen molar-refractivity contribution in [2.45, 2.75) is 0 Å². The number of nitrogens with one attached hydrogen (secondary N) is 1. The van der Waals surface area contributed by atoms with Crippen molar-refractivity contribution in [1.82, 2.24) is 0 Å². The topological polar surface area (TPSA) is 129 Å². The van der Waals surface area contributed by atoms with Gasteiger partial charge in [0.25, 0.3) is 5.69 Å². The van der Waals surface area contributed by atoms with E-state index in [2.05, 4.69) is 5.32 Å². The Kier molecular flexibility index (Phi) is 8.71. The van der Waals surface area contributed by atoms with E-state index in [1.807, 2.05) is 0 Å². The van der Waals surface area contributed by atoms with E-state index in [4.69, 9.17) is 18.9 Å². The number of amides is 1. The molecule has 0 radical (unpaired) electrons. The Morgan fingerprint density at radius 3 is 2.11 bits per heavy atom. The zero-order chi connectivity index (χ0) is 26.9. The number of carbonyl (C=O) groups is 1. The van der Waals surface area contributed by atoms with E-state index in [9.17, 15) is 20.0 Å². The second-order valence-corrected chi connectivity index (χ2v) is 7.51. The molecule has 2 N–H and O–H groups in total. The lowest BCUT2D eigenvalue weighted by Crippen LogP contribution is -2.09. The quantitative estimate of drug-likeness (QED) is 0.127. The van der Waals surface area contributed by atoms with Gasteiger partial charge < -0.3 is 29.4 Å². The van der Waals surface area contributed by atoms with Crippen molar-refractivity contribution < 1.29 is 33.8 Å². The van der Waals surface area contributed by atoms with Crippen LogP contribution in [0.1, 0.15) is 16.7 Å². The Morgan fingerprint density at radius 2 is 1.51 bits per heavy atom. The number of anilines is 1. The fourth-order valence-corrected chi connectivity index (χ4v) is 3.53. The number of para-hydroxylation sites is 1. The van der Waals surface area contributed by atoms with E-state index >= 15 is 0 Å². The number of rotatable bonds is 10. The predicted octanol–water partition coefficient (Wildman–Crippen LogP) is 5.16. The van der Waals surface area contributed by atoms with Gasteiger partial charge in [-0.1, -0.05) is 24.3 Å². The molecule has 0 heterocycles. The monoisotopic (exact) mass is 506 g/mol. The molecule has 3 aromatic rings. The second-order valence-electron chi connectivity index (χ2n) is 7.51. The highest BCUT2D eigenvalue weighted by Gasteiger charge is 2.16. The predicted molar refractivity (Wildman–Crippen MR) is 140 cm³/mol. The normalized spacial score (nSPS) is 10.9. The Labute approximate surface area is 213 Å². The van der Waals surface area contributed by atoms with Crippen molar-refractivity contribution in [3.8, 4) is 28.7 Å². The number of nitro benzene ring substituents is 1. The van der Waals surface area contributed by atoms with Crippen molar-refractivity contribution >= 4 is 35.5 Å². The summed E-state index contributed by atoms with van der Waals surface area (Å²) in [5, 5.41) is 24.5. The molecule has 10 heteroatoms. The first-order chi connectivity index (χ1) is 17.8. The van der Waals surface area contributed by atoms with Crippen molar-refractivity contribution in [2.24, 2.45) is 0 Å². The number of nitro groups is 1. The maximum atomic E-state index is 12.7. The van der Waals surface area contributed by atoms with Crippen molar-refractivity contribution in [1.29, 1.82) is 0 Å². The first kappa shape index (κ1) is 26.6. The SMILES string of the molecule is COc1ccc(C=Cc2cc(OC)c(OC)c(OC)c2)c(NC(=O)/C=C/c2ccccc2[N+](=O)[O-])c1O. The Balaban J connectivity index is 1.94. The number of benzene rings is 3. The number of nitrogens with zero attached hydrogens (tertiary/aromatic N) is 1. The van der Waals surface area contributed by atoms with Gasteiger partial charge in [-0.25, -0.2) is 0 Å². The Hall–Kier alpha value is -4.99. The highest BCUT2D eigenvalue weighted by molar-refractivity contribution is 6.05. The smallest absolute Gasteiger partial charge is 0.276 e. The summed E-state index contributed by atoms with van der Waals surface area (Å²) in [6.07, 6.45) is 5.90. The third kappa shape index (κ3) is 6.17. The maximum Gasteiger partial charge on any atom is 0.276 e. The molecule has 3 aromatic carbocycles. The van der Waals surface area contributed by atoms with Crippen molar-refractivity contribution in [2.75, 3.05) is 33.8 Å². The molecule has 10 nitrogen and oxygen atoms in total. The molecular weight excluding hydrogens is 480 g/mol. The summed E-state index contributed by atoms with van der Waals surface area (Å²) in [5.41, 5.74) is 1.41. The fourth-order valence-electron chi connectivity index (χ4n) is 3.53. The van der Waals surface area contributed by atoms with E-state index in [1.54, 1.807) is 42.5 Å². The van der Waals surface area contributed by atoms with Crippen LogP contribution < -0.4 is 24.3 Å². The van der Waals surface area contributed by atoms with Gasteiger partial charge >= 0.3 is 0 Å². The first-order valence-electron chi connectivity index (χ1n) is 10.9. The van der Waals surface area contributed by atoms with Gasteiger partial charge in [0.2, 0.25) is 11.7 Å². The Bertz CT molecular complexity index is 1340. The summed E-state index contributed by atoms with van der Waals surface area (Å²) in [6.45, 7) is 0. The summed E-state index contributed by atoms with van der Waals surface area (Å²) in [6, 6.07) is 12.7. The average Bonchev–Trinajstić information content (AvgIpc) is 2.91. The number of ether oxygens (including phenoxy) is 4. The summed E-state index contributed by atoms with van der Waals surface area (Å²) in [7, 11) is 5.92. The molecule has 0 bridgehead atoms. The van der Waals surface area contributed by atoms with Crippen LogP contribution in [0.25, 0.3) is 18.2 Å². The molecule has 0 saturated carbocycles. The number of hydrogen-bond acceptors (Lipinski definition) is 8. The molecule has 0 saturated heterocycles. The van der Waals surface area contributed by atoms with Crippen LogP contribution in [0.15, 0.2) is 54.6 Å². The standard InChI is InChI=1S/C27H26N2O8/c1-34-21-13-11-19(10-9-17-15-22(35-2)27(37-4)23(16-17)36-3)25(26(21)31)28-24(30)14-12-18-7-5-6-8-20(18)29(32)33/h5-16,31H,1-4H3,(H,28,30)/b10-9?,14-12+. The molecule has 0 aromatic heterocycles. The van der Waals surface area contributed by atoms with Crippen LogP contribution in [0.4, 0.5) is 11.4 Å². The molecule has 37 heavy (non-hydrogen) atoms. The summed E-state index contributed by atoms with van der Waals surface area (Å²) < 4.78 is 21.3. The lowest BCUT2D eigenvalue weighted by atomic mass is 10.1. The minimum absolute atomic E-state index is 0.0975. The fraction of sp³-hybridized carbons (Fsp3) is 0.148. The lowest BCUT2D eigenvalue weighted by Gasteiger charge is -2.14. The van der Waals surface area contributed by atoms with Gasteiger partial charge in [-0.2, -0.15) is 0 Å².